The van der Waals surface area contributed by atoms with Gasteiger partial charge in [-0.15, -0.1) is 0 Å². The van der Waals surface area contributed by atoms with Crippen LogP contribution in [0.3, 0.4) is 0 Å². The Kier molecular flexibility index (Phi) is 4.65. The second-order valence-corrected chi connectivity index (χ2v) is 5.68. The van der Waals surface area contributed by atoms with Gasteiger partial charge >= 0.3 is 5.97 Å². The van der Waals surface area contributed by atoms with Gasteiger partial charge in [-0.25, -0.2) is 4.79 Å². The van der Waals surface area contributed by atoms with Crippen molar-refractivity contribution in [2.75, 3.05) is 5.32 Å². The van der Waals surface area contributed by atoms with Gasteiger partial charge in [0, 0.05) is 15.1 Å². The van der Waals surface area contributed by atoms with Crippen LogP contribution in [0.5, 0.6) is 0 Å². The molecule has 0 aliphatic heterocycles. The Balaban J connectivity index is 2.36. The minimum Gasteiger partial charge on any atom is -0.478 e. The van der Waals surface area contributed by atoms with Crippen molar-refractivity contribution in [3.05, 3.63) is 62.6 Å². The van der Waals surface area contributed by atoms with Crippen LogP contribution in [0.4, 0.5) is 5.69 Å². The Morgan fingerprint density at radius 2 is 1.90 bits per heavy atom. The molecule has 0 heterocycles. The largest absolute Gasteiger partial charge is 0.478 e. The average Bonchev–Trinajstić information content (AvgIpc) is 2.43. The number of halogens is 2. The number of anilines is 1. The number of carbonyl (C=O) groups is 2. The van der Waals surface area contributed by atoms with E-state index in [4.69, 9.17) is 11.6 Å². The van der Waals surface area contributed by atoms with Gasteiger partial charge in [0.15, 0.2) is 0 Å². The predicted molar refractivity (Wildman–Crippen MR) is 85.2 cm³/mol. The maximum absolute atomic E-state index is 12.3. The summed E-state index contributed by atoms with van der Waals surface area (Å²) in [4.78, 5) is 23.5. The van der Waals surface area contributed by atoms with Crippen LogP contribution in [-0.2, 0) is 0 Å². The Morgan fingerprint density at radius 1 is 1.19 bits per heavy atom. The molecule has 0 bridgehead atoms. The van der Waals surface area contributed by atoms with E-state index >= 15 is 0 Å². The SMILES string of the molecule is Cc1c(Cl)cccc1C(=O)Nc1ccc(Br)cc1C(=O)O. The van der Waals surface area contributed by atoms with Crippen molar-refractivity contribution in [3.8, 4) is 0 Å². The summed E-state index contributed by atoms with van der Waals surface area (Å²) in [6, 6.07) is 9.62. The van der Waals surface area contributed by atoms with E-state index < -0.39 is 11.9 Å². The number of hydrogen-bond donors (Lipinski definition) is 2. The zero-order valence-corrected chi connectivity index (χ0v) is 13.3. The minimum absolute atomic E-state index is 0.0115. The Labute approximate surface area is 134 Å². The van der Waals surface area contributed by atoms with E-state index in [0.29, 0.717) is 20.6 Å². The summed E-state index contributed by atoms with van der Waals surface area (Å²) in [7, 11) is 0. The van der Waals surface area contributed by atoms with Crippen molar-refractivity contribution in [1.29, 1.82) is 0 Å². The van der Waals surface area contributed by atoms with Crippen molar-refractivity contribution in [3.63, 3.8) is 0 Å². The first-order chi connectivity index (χ1) is 9.90. The highest BCUT2D eigenvalue weighted by Crippen LogP contribution is 2.24. The lowest BCUT2D eigenvalue weighted by Crippen LogP contribution is -2.16. The number of aromatic carboxylic acids is 1. The van der Waals surface area contributed by atoms with Gasteiger partial charge < -0.3 is 10.4 Å². The molecule has 0 saturated carbocycles. The average molecular weight is 369 g/mol. The van der Waals surface area contributed by atoms with Crippen molar-refractivity contribution in [2.45, 2.75) is 6.92 Å². The summed E-state index contributed by atoms with van der Waals surface area (Å²) in [5.41, 5.74) is 1.29. The lowest BCUT2D eigenvalue weighted by atomic mass is 10.1. The molecule has 0 aliphatic carbocycles. The molecule has 2 aromatic carbocycles. The molecule has 1 amide bonds. The summed E-state index contributed by atoms with van der Waals surface area (Å²) in [5.74, 6) is -1.52. The van der Waals surface area contributed by atoms with Crippen LogP contribution >= 0.6 is 27.5 Å². The summed E-state index contributed by atoms with van der Waals surface area (Å²) in [6.07, 6.45) is 0. The quantitative estimate of drug-likeness (QED) is 0.846. The number of carboxylic acid groups (broad SMARTS) is 1. The van der Waals surface area contributed by atoms with Crippen molar-refractivity contribution >= 4 is 45.1 Å². The van der Waals surface area contributed by atoms with Crippen LogP contribution in [0.15, 0.2) is 40.9 Å². The van der Waals surface area contributed by atoms with Crippen LogP contribution in [0.1, 0.15) is 26.3 Å². The van der Waals surface area contributed by atoms with Gasteiger partial charge in [-0.3, -0.25) is 4.79 Å². The van der Waals surface area contributed by atoms with Crippen LogP contribution in [-0.4, -0.2) is 17.0 Å². The third-order valence-electron chi connectivity index (χ3n) is 2.97. The molecule has 0 aromatic heterocycles. The van der Waals surface area contributed by atoms with Gasteiger partial charge in [0.1, 0.15) is 0 Å². The standard InChI is InChI=1S/C15H11BrClNO3/c1-8-10(3-2-4-12(8)17)14(19)18-13-6-5-9(16)7-11(13)15(20)21/h2-7H,1H3,(H,18,19)(H,20,21). The van der Waals surface area contributed by atoms with Crippen molar-refractivity contribution < 1.29 is 14.7 Å². The summed E-state index contributed by atoms with van der Waals surface area (Å²) in [5, 5.41) is 12.3. The molecule has 21 heavy (non-hydrogen) atoms. The fourth-order valence-electron chi connectivity index (χ4n) is 1.85. The fraction of sp³-hybridized carbons (Fsp3) is 0.0667. The van der Waals surface area contributed by atoms with E-state index in [1.807, 2.05) is 0 Å². The molecule has 6 heteroatoms. The molecule has 2 rings (SSSR count). The van der Waals surface area contributed by atoms with E-state index in [1.54, 1.807) is 31.2 Å². The lowest BCUT2D eigenvalue weighted by Gasteiger charge is -2.11. The number of nitrogens with one attached hydrogen (secondary N) is 1. The molecular weight excluding hydrogens is 358 g/mol. The van der Waals surface area contributed by atoms with Crippen molar-refractivity contribution in [2.24, 2.45) is 0 Å². The molecule has 0 atom stereocenters. The minimum atomic E-state index is -1.12. The topological polar surface area (TPSA) is 66.4 Å². The van der Waals surface area contributed by atoms with Crippen LogP contribution in [0.2, 0.25) is 5.02 Å². The Morgan fingerprint density at radius 3 is 2.57 bits per heavy atom. The second kappa shape index (κ2) is 6.28. The van der Waals surface area contributed by atoms with Crippen LogP contribution in [0, 0.1) is 6.92 Å². The van der Waals surface area contributed by atoms with Gasteiger partial charge in [-0.05, 0) is 42.8 Å². The molecular formula is C15H11BrClNO3. The van der Waals surface area contributed by atoms with Gasteiger partial charge in [-0.1, -0.05) is 33.6 Å². The number of rotatable bonds is 3. The third-order valence-corrected chi connectivity index (χ3v) is 3.88. The molecule has 0 radical (unpaired) electrons. The Bertz CT molecular complexity index is 731. The first kappa shape index (κ1) is 15.5. The van der Waals surface area contributed by atoms with Gasteiger partial charge in [-0.2, -0.15) is 0 Å². The van der Waals surface area contributed by atoms with Gasteiger partial charge in [0.25, 0.3) is 5.91 Å². The summed E-state index contributed by atoms with van der Waals surface area (Å²) in [6.45, 7) is 1.73. The molecule has 2 aromatic rings. The van der Waals surface area contributed by atoms with E-state index in [9.17, 15) is 14.7 Å². The first-order valence-electron chi connectivity index (χ1n) is 5.99. The number of amides is 1. The predicted octanol–water partition coefficient (Wildman–Crippen LogP) is 4.36. The van der Waals surface area contributed by atoms with E-state index in [1.165, 1.54) is 12.1 Å². The summed E-state index contributed by atoms with van der Waals surface area (Å²) >= 11 is 9.19. The smallest absolute Gasteiger partial charge is 0.337 e. The zero-order chi connectivity index (χ0) is 15.6. The number of carboxylic acids is 1. The lowest BCUT2D eigenvalue weighted by molar-refractivity contribution is 0.0698. The maximum Gasteiger partial charge on any atom is 0.337 e. The molecule has 108 valence electrons. The van der Waals surface area contributed by atoms with Crippen molar-refractivity contribution in [1.82, 2.24) is 0 Å². The Hall–Kier alpha value is -1.85. The van der Waals surface area contributed by atoms with Crippen LogP contribution < -0.4 is 5.32 Å². The zero-order valence-electron chi connectivity index (χ0n) is 11.0. The number of carbonyl (C=O) groups excluding carboxylic acids is 1. The monoisotopic (exact) mass is 367 g/mol. The molecule has 0 unspecified atom stereocenters. The fourth-order valence-corrected chi connectivity index (χ4v) is 2.38. The maximum atomic E-state index is 12.3. The second-order valence-electron chi connectivity index (χ2n) is 4.36. The van der Waals surface area contributed by atoms with E-state index in [-0.39, 0.29) is 11.3 Å². The van der Waals surface area contributed by atoms with Gasteiger partial charge in [0.2, 0.25) is 0 Å². The van der Waals surface area contributed by atoms with E-state index in [0.717, 1.165) is 0 Å². The highest BCUT2D eigenvalue weighted by molar-refractivity contribution is 9.10. The highest BCUT2D eigenvalue weighted by Gasteiger charge is 2.16. The third kappa shape index (κ3) is 3.43. The molecule has 0 spiro atoms. The number of hydrogen-bond acceptors (Lipinski definition) is 2. The molecule has 0 aliphatic rings. The molecule has 2 N–H and O–H groups in total. The number of benzene rings is 2. The summed E-state index contributed by atoms with van der Waals surface area (Å²) < 4.78 is 0.622. The first-order valence-corrected chi connectivity index (χ1v) is 7.16. The molecule has 0 fully saturated rings. The molecule has 0 saturated heterocycles. The van der Waals surface area contributed by atoms with Crippen LogP contribution in [0.25, 0.3) is 0 Å². The molecule has 4 nitrogen and oxygen atoms in total. The highest BCUT2D eigenvalue weighted by atomic mass is 79.9. The van der Waals surface area contributed by atoms with E-state index in [2.05, 4.69) is 21.2 Å². The van der Waals surface area contributed by atoms with Gasteiger partial charge in [0.05, 0.1) is 11.3 Å². The normalized spacial score (nSPS) is 10.2.